The van der Waals surface area contributed by atoms with E-state index in [1.165, 1.54) is 26.4 Å². The van der Waals surface area contributed by atoms with Crippen molar-refractivity contribution in [3.8, 4) is 17.2 Å². The number of hydrogen-bond acceptors (Lipinski definition) is 7. The van der Waals surface area contributed by atoms with Gasteiger partial charge in [-0.15, -0.1) is 0 Å². The fraction of sp³-hybridized carbons (Fsp3) is 0.257. The van der Waals surface area contributed by atoms with Crippen molar-refractivity contribution in [1.82, 2.24) is 5.32 Å². The van der Waals surface area contributed by atoms with E-state index in [0.717, 1.165) is 42.7 Å². The van der Waals surface area contributed by atoms with Crippen LogP contribution < -0.4 is 25.2 Å². The molecular weight excluding hydrogens is 561 g/mol. The van der Waals surface area contributed by atoms with Crippen molar-refractivity contribution in [3.05, 3.63) is 113 Å². The zero-order chi connectivity index (χ0) is 31.1. The summed E-state index contributed by atoms with van der Waals surface area (Å²) in [7, 11) is 2.79. The van der Waals surface area contributed by atoms with Gasteiger partial charge in [0.15, 0.2) is 0 Å². The molecule has 1 amide bonds. The molecule has 2 N–H and O–H groups in total. The average Bonchev–Trinajstić information content (AvgIpc) is 3.05. The molecule has 4 aromatic carbocycles. The molecule has 0 radical (unpaired) electrons. The zero-order valence-corrected chi connectivity index (χ0v) is 25.1. The summed E-state index contributed by atoms with van der Waals surface area (Å²) in [6.07, 6.45) is 2.13. The number of esters is 1. The summed E-state index contributed by atoms with van der Waals surface area (Å²) in [5.41, 5.74) is 7.87. The first-order valence-electron chi connectivity index (χ1n) is 14.5. The molecule has 8 nitrogen and oxygen atoms in total. The van der Waals surface area contributed by atoms with Gasteiger partial charge in [0, 0.05) is 6.54 Å². The quantitative estimate of drug-likeness (QED) is 0.154. The first kappa shape index (κ1) is 30.6. The van der Waals surface area contributed by atoms with E-state index in [1.807, 2.05) is 31.2 Å². The summed E-state index contributed by atoms with van der Waals surface area (Å²) < 4.78 is 29.4. The Morgan fingerprint density at radius 2 is 1.70 bits per heavy atom. The van der Waals surface area contributed by atoms with E-state index in [9.17, 15) is 14.0 Å². The van der Waals surface area contributed by atoms with E-state index in [-0.39, 0.29) is 29.6 Å². The van der Waals surface area contributed by atoms with Gasteiger partial charge in [-0.05, 0) is 110 Å². The molecule has 1 aliphatic heterocycles. The van der Waals surface area contributed by atoms with E-state index in [0.29, 0.717) is 28.5 Å². The van der Waals surface area contributed by atoms with Crippen molar-refractivity contribution < 1.29 is 28.2 Å². The average molecular weight is 598 g/mol. The zero-order valence-electron chi connectivity index (χ0n) is 25.1. The van der Waals surface area contributed by atoms with Gasteiger partial charge in [0.2, 0.25) is 5.91 Å². The van der Waals surface area contributed by atoms with Crippen molar-refractivity contribution in [2.75, 3.05) is 37.7 Å². The third-order valence-electron chi connectivity index (χ3n) is 7.65. The number of methoxy groups -OCH3 is 2. The molecule has 1 heterocycles. The minimum atomic E-state index is -0.513. The Morgan fingerprint density at radius 1 is 0.977 bits per heavy atom. The lowest BCUT2D eigenvalue weighted by Gasteiger charge is -2.32. The standard InChI is InChI=1S/C35H36FN3O5/c1-23-6-4-8-30(25-7-5-19-37-22-25)34(23)39(33(40)21-24-9-18-31(35(41)43-3)32(20-24)42-2)38-27-12-16-29(17-13-27)44-28-14-10-26(36)11-15-28/h4,6,8-18,20,25,37-38H,5,7,19,21-22H2,1-3H3. The Bertz CT molecular complexity index is 1600. The maximum atomic E-state index is 14.2. The summed E-state index contributed by atoms with van der Waals surface area (Å²) in [5.74, 6) is 0.638. The number of aryl methyl sites for hydroxylation is 1. The van der Waals surface area contributed by atoms with Crippen molar-refractivity contribution in [3.63, 3.8) is 0 Å². The van der Waals surface area contributed by atoms with Gasteiger partial charge in [-0.25, -0.2) is 14.2 Å². The summed E-state index contributed by atoms with van der Waals surface area (Å²) in [6.45, 7) is 3.82. The van der Waals surface area contributed by atoms with Crippen molar-refractivity contribution >= 4 is 23.3 Å². The maximum Gasteiger partial charge on any atom is 0.341 e. The maximum absolute atomic E-state index is 14.2. The number of anilines is 2. The number of para-hydroxylation sites is 1. The summed E-state index contributed by atoms with van der Waals surface area (Å²) >= 11 is 0. The van der Waals surface area contributed by atoms with Crippen molar-refractivity contribution in [2.45, 2.75) is 32.1 Å². The Kier molecular flexibility index (Phi) is 9.76. The number of hydrogen-bond donors (Lipinski definition) is 2. The topological polar surface area (TPSA) is 89.1 Å². The van der Waals surface area contributed by atoms with Gasteiger partial charge in [0.1, 0.15) is 28.6 Å². The van der Waals surface area contributed by atoms with Crippen LogP contribution in [0.25, 0.3) is 0 Å². The highest BCUT2D eigenvalue weighted by Gasteiger charge is 2.27. The van der Waals surface area contributed by atoms with Crippen LogP contribution >= 0.6 is 0 Å². The second kappa shape index (κ2) is 14.1. The summed E-state index contributed by atoms with van der Waals surface area (Å²) in [4.78, 5) is 26.3. The minimum absolute atomic E-state index is 0.0489. The third kappa shape index (κ3) is 7.18. The van der Waals surface area contributed by atoms with Crippen molar-refractivity contribution in [1.29, 1.82) is 0 Å². The van der Waals surface area contributed by atoms with Gasteiger partial charge in [-0.1, -0.05) is 24.3 Å². The van der Waals surface area contributed by atoms with Crippen LogP contribution in [0.2, 0.25) is 0 Å². The smallest absolute Gasteiger partial charge is 0.341 e. The number of hydrazine groups is 1. The molecule has 0 aliphatic carbocycles. The van der Waals surface area contributed by atoms with Gasteiger partial charge in [0.05, 0.1) is 32.0 Å². The number of nitrogens with zero attached hydrogens (tertiary/aromatic N) is 1. The molecular formula is C35H36FN3O5. The van der Waals surface area contributed by atoms with Gasteiger partial charge < -0.3 is 19.5 Å². The second-order valence-corrected chi connectivity index (χ2v) is 10.7. The van der Waals surface area contributed by atoms with Crippen molar-refractivity contribution in [2.24, 2.45) is 0 Å². The first-order valence-corrected chi connectivity index (χ1v) is 14.5. The molecule has 1 saturated heterocycles. The lowest BCUT2D eigenvalue weighted by Crippen LogP contribution is -2.39. The molecule has 1 unspecified atom stereocenters. The highest BCUT2D eigenvalue weighted by molar-refractivity contribution is 5.98. The van der Waals surface area contributed by atoms with E-state index in [2.05, 4.69) is 16.8 Å². The van der Waals surface area contributed by atoms with Crippen LogP contribution in [0, 0.1) is 12.7 Å². The normalized spacial score (nSPS) is 14.4. The number of piperidine rings is 1. The highest BCUT2D eigenvalue weighted by Crippen LogP contribution is 2.36. The molecule has 1 atom stereocenters. The van der Waals surface area contributed by atoms with E-state index >= 15 is 0 Å². The van der Waals surface area contributed by atoms with Gasteiger partial charge in [0.25, 0.3) is 0 Å². The molecule has 0 aromatic heterocycles. The van der Waals surface area contributed by atoms with Crippen LogP contribution in [0.3, 0.4) is 0 Å². The van der Waals surface area contributed by atoms with Crippen LogP contribution in [0.15, 0.2) is 84.9 Å². The Balaban J connectivity index is 1.46. The van der Waals surface area contributed by atoms with E-state index in [4.69, 9.17) is 14.2 Å². The summed E-state index contributed by atoms with van der Waals surface area (Å²) in [6, 6.07) is 24.2. The number of ether oxygens (including phenoxy) is 3. The van der Waals surface area contributed by atoms with Crippen LogP contribution in [0.5, 0.6) is 17.2 Å². The van der Waals surface area contributed by atoms with Gasteiger partial charge in [-0.3, -0.25) is 10.2 Å². The predicted octanol–water partition coefficient (Wildman–Crippen LogP) is 6.79. The number of amides is 1. The molecule has 1 fully saturated rings. The predicted molar refractivity (Wildman–Crippen MR) is 168 cm³/mol. The molecule has 0 bridgehead atoms. The van der Waals surface area contributed by atoms with Crippen LogP contribution in [0.4, 0.5) is 15.8 Å². The highest BCUT2D eigenvalue weighted by atomic mass is 19.1. The van der Waals surface area contributed by atoms with Crippen LogP contribution in [-0.2, 0) is 16.0 Å². The lowest BCUT2D eigenvalue weighted by atomic mass is 9.89. The van der Waals surface area contributed by atoms with Crippen LogP contribution in [0.1, 0.15) is 45.8 Å². The molecule has 44 heavy (non-hydrogen) atoms. The molecule has 1 aliphatic rings. The Hall–Kier alpha value is -4.89. The monoisotopic (exact) mass is 597 g/mol. The molecule has 228 valence electrons. The molecule has 0 spiro atoms. The first-order chi connectivity index (χ1) is 21.4. The van der Waals surface area contributed by atoms with Gasteiger partial charge in [-0.2, -0.15) is 0 Å². The SMILES string of the molecule is COC(=O)c1ccc(CC(=O)N(Nc2ccc(Oc3ccc(F)cc3)cc2)c2c(C)cccc2C2CCCNC2)cc1OC. The largest absolute Gasteiger partial charge is 0.496 e. The number of nitrogens with one attached hydrogen (secondary N) is 2. The fourth-order valence-corrected chi connectivity index (χ4v) is 5.42. The lowest BCUT2D eigenvalue weighted by molar-refractivity contribution is -0.117. The number of carbonyl (C=O) groups is 2. The van der Waals surface area contributed by atoms with E-state index in [1.54, 1.807) is 47.5 Å². The summed E-state index contributed by atoms with van der Waals surface area (Å²) in [5, 5.41) is 5.11. The molecule has 5 rings (SSSR count). The minimum Gasteiger partial charge on any atom is -0.496 e. The molecule has 0 saturated carbocycles. The van der Waals surface area contributed by atoms with Crippen LogP contribution in [-0.4, -0.2) is 39.2 Å². The third-order valence-corrected chi connectivity index (χ3v) is 7.65. The fourth-order valence-electron chi connectivity index (χ4n) is 5.42. The Morgan fingerprint density at radius 3 is 2.36 bits per heavy atom. The van der Waals surface area contributed by atoms with E-state index < -0.39 is 5.97 Å². The molecule has 9 heteroatoms. The van der Waals surface area contributed by atoms with Gasteiger partial charge >= 0.3 is 5.97 Å². The second-order valence-electron chi connectivity index (χ2n) is 10.7. The number of halogens is 1. The number of carbonyl (C=O) groups excluding carboxylic acids is 2. The number of benzene rings is 4. The number of rotatable bonds is 10. The molecule has 4 aromatic rings. The Labute approximate surface area is 256 Å².